The van der Waals surface area contributed by atoms with Crippen LogP contribution in [-0.4, -0.2) is 10.5 Å². The summed E-state index contributed by atoms with van der Waals surface area (Å²) >= 11 is 0. The molecule has 1 fully saturated rings. The molecule has 0 amide bonds. The fraction of sp³-hybridized carbons (Fsp3) is 0.538. The third-order valence-corrected chi connectivity index (χ3v) is 3.58. The molecule has 92 valence electrons. The SMILES string of the molecule is Cc1cccc([N+](=O)[O-])c1NC1(C)CCCC1. The molecule has 17 heavy (non-hydrogen) atoms. The zero-order valence-electron chi connectivity index (χ0n) is 10.3. The first-order valence-corrected chi connectivity index (χ1v) is 6.04. The van der Waals surface area contributed by atoms with E-state index >= 15 is 0 Å². The number of anilines is 1. The molecule has 1 saturated carbocycles. The molecule has 4 nitrogen and oxygen atoms in total. The zero-order chi connectivity index (χ0) is 12.5. The molecule has 0 aliphatic heterocycles. The number of hydrogen-bond acceptors (Lipinski definition) is 3. The number of aryl methyl sites for hydroxylation is 1. The minimum Gasteiger partial charge on any atom is -0.374 e. The molecule has 0 atom stereocenters. The summed E-state index contributed by atoms with van der Waals surface area (Å²) in [6.07, 6.45) is 4.56. The molecule has 1 N–H and O–H groups in total. The number of benzene rings is 1. The third-order valence-electron chi connectivity index (χ3n) is 3.58. The second-order valence-corrected chi connectivity index (χ2v) is 5.12. The first kappa shape index (κ1) is 11.9. The lowest BCUT2D eigenvalue weighted by molar-refractivity contribution is -0.384. The summed E-state index contributed by atoms with van der Waals surface area (Å²) < 4.78 is 0. The van der Waals surface area contributed by atoms with E-state index in [4.69, 9.17) is 0 Å². The van der Waals surface area contributed by atoms with Crippen molar-refractivity contribution in [3.05, 3.63) is 33.9 Å². The Kier molecular flexibility index (Phi) is 3.05. The Labute approximate surface area is 101 Å². The maximum absolute atomic E-state index is 11.0. The van der Waals surface area contributed by atoms with Crippen LogP contribution in [0.15, 0.2) is 18.2 Å². The molecule has 0 spiro atoms. The molecule has 1 aromatic rings. The molecule has 0 saturated heterocycles. The summed E-state index contributed by atoms with van der Waals surface area (Å²) in [6, 6.07) is 5.21. The number of hydrogen-bond donors (Lipinski definition) is 1. The Morgan fingerprint density at radius 3 is 2.59 bits per heavy atom. The second kappa shape index (κ2) is 4.35. The van der Waals surface area contributed by atoms with Crippen LogP contribution >= 0.6 is 0 Å². The summed E-state index contributed by atoms with van der Waals surface area (Å²) in [5.74, 6) is 0. The quantitative estimate of drug-likeness (QED) is 0.641. The van der Waals surface area contributed by atoms with Gasteiger partial charge in [0.05, 0.1) is 4.92 Å². The van der Waals surface area contributed by atoms with Crippen molar-refractivity contribution in [3.8, 4) is 0 Å². The van der Waals surface area contributed by atoms with E-state index in [1.54, 1.807) is 12.1 Å². The first-order chi connectivity index (χ1) is 8.02. The van der Waals surface area contributed by atoms with Crippen LogP contribution in [0.4, 0.5) is 11.4 Å². The summed E-state index contributed by atoms with van der Waals surface area (Å²) in [5.41, 5.74) is 1.81. The highest BCUT2D eigenvalue weighted by atomic mass is 16.6. The fourth-order valence-corrected chi connectivity index (χ4v) is 2.55. The largest absolute Gasteiger partial charge is 0.374 e. The Morgan fingerprint density at radius 2 is 2.00 bits per heavy atom. The number of nitro benzene ring substituents is 1. The van der Waals surface area contributed by atoms with Gasteiger partial charge in [0.1, 0.15) is 5.69 Å². The van der Waals surface area contributed by atoms with Gasteiger partial charge in [-0.2, -0.15) is 0 Å². The van der Waals surface area contributed by atoms with Crippen molar-refractivity contribution in [2.45, 2.75) is 45.1 Å². The van der Waals surface area contributed by atoms with Gasteiger partial charge in [-0.3, -0.25) is 10.1 Å². The van der Waals surface area contributed by atoms with E-state index in [9.17, 15) is 10.1 Å². The number of nitro groups is 1. The summed E-state index contributed by atoms with van der Waals surface area (Å²) in [5, 5.41) is 14.4. The van der Waals surface area contributed by atoms with Crippen LogP contribution in [0.2, 0.25) is 0 Å². The highest BCUT2D eigenvalue weighted by Crippen LogP contribution is 2.37. The molecule has 1 aromatic carbocycles. The van der Waals surface area contributed by atoms with Gasteiger partial charge >= 0.3 is 0 Å². The van der Waals surface area contributed by atoms with Crippen molar-refractivity contribution < 1.29 is 4.92 Å². The Hall–Kier alpha value is -1.58. The highest BCUT2D eigenvalue weighted by Gasteiger charge is 2.31. The second-order valence-electron chi connectivity index (χ2n) is 5.12. The van der Waals surface area contributed by atoms with E-state index in [1.165, 1.54) is 12.8 Å². The van der Waals surface area contributed by atoms with Gasteiger partial charge in [-0.1, -0.05) is 25.0 Å². The van der Waals surface area contributed by atoms with Crippen molar-refractivity contribution in [1.29, 1.82) is 0 Å². The van der Waals surface area contributed by atoms with E-state index < -0.39 is 0 Å². The van der Waals surface area contributed by atoms with Gasteiger partial charge < -0.3 is 5.32 Å². The molecule has 0 unspecified atom stereocenters. The molecular weight excluding hydrogens is 216 g/mol. The van der Waals surface area contributed by atoms with Gasteiger partial charge in [-0.25, -0.2) is 0 Å². The van der Waals surface area contributed by atoms with Crippen molar-refractivity contribution in [2.24, 2.45) is 0 Å². The Morgan fingerprint density at radius 1 is 1.35 bits per heavy atom. The molecule has 0 aromatic heterocycles. The highest BCUT2D eigenvalue weighted by molar-refractivity contribution is 5.67. The van der Waals surface area contributed by atoms with Crippen molar-refractivity contribution >= 4 is 11.4 Å². The van der Waals surface area contributed by atoms with Gasteiger partial charge in [0.25, 0.3) is 5.69 Å². The van der Waals surface area contributed by atoms with Crippen LogP contribution in [0.5, 0.6) is 0 Å². The topological polar surface area (TPSA) is 55.2 Å². The standard InChI is InChI=1S/C13H18N2O2/c1-10-6-5-7-11(15(16)17)12(10)14-13(2)8-3-4-9-13/h5-7,14H,3-4,8-9H2,1-2H3. The van der Waals surface area contributed by atoms with Crippen LogP contribution in [0.1, 0.15) is 38.2 Å². The van der Waals surface area contributed by atoms with Crippen LogP contribution in [0.25, 0.3) is 0 Å². The zero-order valence-corrected chi connectivity index (χ0v) is 10.3. The van der Waals surface area contributed by atoms with Gasteiger partial charge in [0, 0.05) is 11.6 Å². The Bertz CT molecular complexity index is 437. The summed E-state index contributed by atoms with van der Waals surface area (Å²) in [7, 11) is 0. The average molecular weight is 234 g/mol. The fourth-order valence-electron chi connectivity index (χ4n) is 2.55. The summed E-state index contributed by atoms with van der Waals surface area (Å²) in [4.78, 5) is 10.7. The minimum absolute atomic E-state index is 0.0108. The smallest absolute Gasteiger partial charge is 0.292 e. The predicted octanol–water partition coefficient (Wildman–Crippen LogP) is 3.65. The van der Waals surface area contributed by atoms with Crippen LogP contribution in [-0.2, 0) is 0 Å². The van der Waals surface area contributed by atoms with E-state index in [2.05, 4.69) is 12.2 Å². The lowest BCUT2D eigenvalue weighted by atomic mass is 9.99. The van der Waals surface area contributed by atoms with E-state index in [-0.39, 0.29) is 16.1 Å². The van der Waals surface area contributed by atoms with Crippen LogP contribution in [0, 0.1) is 17.0 Å². The number of rotatable bonds is 3. The summed E-state index contributed by atoms with van der Waals surface area (Å²) in [6.45, 7) is 4.06. The van der Waals surface area contributed by atoms with Crippen molar-refractivity contribution in [2.75, 3.05) is 5.32 Å². The van der Waals surface area contributed by atoms with E-state index in [1.807, 2.05) is 13.0 Å². The van der Waals surface area contributed by atoms with Crippen LogP contribution < -0.4 is 5.32 Å². The molecule has 4 heteroatoms. The average Bonchev–Trinajstić information content (AvgIpc) is 2.68. The Balaban J connectivity index is 2.34. The number of para-hydroxylation sites is 1. The lowest BCUT2D eigenvalue weighted by Gasteiger charge is -2.27. The predicted molar refractivity (Wildman–Crippen MR) is 68.3 cm³/mol. The molecular formula is C13H18N2O2. The normalized spacial score (nSPS) is 18.0. The lowest BCUT2D eigenvalue weighted by Crippen LogP contribution is -2.31. The van der Waals surface area contributed by atoms with Gasteiger partial charge in [-0.05, 0) is 32.3 Å². The molecule has 1 aliphatic rings. The monoisotopic (exact) mass is 234 g/mol. The van der Waals surface area contributed by atoms with E-state index in [0.29, 0.717) is 5.69 Å². The molecule has 2 rings (SSSR count). The number of nitrogens with one attached hydrogen (secondary N) is 1. The maximum atomic E-state index is 11.0. The molecule has 0 radical (unpaired) electrons. The van der Waals surface area contributed by atoms with Crippen LogP contribution in [0.3, 0.4) is 0 Å². The molecule has 1 aliphatic carbocycles. The minimum atomic E-state index is -0.312. The van der Waals surface area contributed by atoms with Gasteiger partial charge in [0.2, 0.25) is 0 Å². The third kappa shape index (κ3) is 2.40. The van der Waals surface area contributed by atoms with Gasteiger partial charge in [0.15, 0.2) is 0 Å². The van der Waals surface area contributed by atoms with Crippen molar-refractivity contribution in [1.82, 2.24) is 0 Å². The number of nitrogens with zero attached hydrogens (tertiary/aromatic N) is 1. The molecule has 0 bridgehead atoms. The maximum Gasteiger partial charge on any atom is 0.292 e. The van der Waals surface area contributed by atoms with Gasteiger partial charge in [-0.15, -0.1) is 0 Å². The molecule has 0 heterocycles. The van der Waals surface area contributed by atoms with E-state index in [0.717, 1.165) is 18.4 Å². The first-order valence-electron chi connectivity index (χ1n) is 6.04. The van der Waals surface area contributed by atoms with Crippen molar-refractivity contribution in [3.63, 3.8) is 0 Å².